The van der Waals surface area contributed by atoms with Gasteiger partial charge in [-0.1, -0.05) is 17.7 Å². The van der Waals surface area contributed by atoms with Crippen LogP contribution in [0.25, 0.3) is 16.8 Å². The van der Waals surface area contributed by atoms with Crippen LogP contribution in [-0.4, -0.2) is 19.8 Å². The Morgan fingerprint density at radius 3 is 2.55 bits per heavy atom. The van der Waals surface area contributed by atoms with Gasteiger partial charge in [-0.3, -0.25) is 0 Å². The second kappa shape index (κ2) is 4.84. The smallest absolute Gasteiger partial charge is 0.366 e. The van der Waals surface area contributed by atoms with Gasteiger partial charge in [-0.15, -0.1) is 10.2 Å². The number of benzene rings is 1. The molecule has 0 radical (unpaired) electrons. The number of alkyl halides is 3. The zero-order chi connectivity index (χ0) is 16.1. The minimum atomic E-state index is -4.46. The van der Waals surface area contributed by atoms with Gasteiger partial charge in [0.2, 0.25) is 5.95 Å². The number of nitrogens with zero attached hydrogens (tertiary/aromatic N) is 4. The predicted octanol–water partition coefficient (Wildman–Crippen LogP) is 3.35. The standard InChI is InChI=1S/C13H9ClF3N5/c1-6-4-10-11(19-20-12(18)22(10)21-6)8-3-2-7(5-9(8)14)13(15,16)17/h2-5H,1H3,(H2,18,20). The van der Waals surface area contributed by atoms with Crippen LogP contribution in [-0.2, 0) is 6.18 Å². The molecule has 2 N–H and O–H groups in total. The van der Waals surface area contributed by atoms with Crippen LogP contribution < -0.4 is 5.73 Å². The molecule has 2 heterocycles. The lowest BCUT2D eigenvalue weighted by Gasteiger charge is -2.10. The molecule has 22 heavy (non-hydrogen) atoms. The van der Waals surface area contributed by atoms with E-state index in [0.717, 1.165) is 12.1 Å². The number of rotatable bonds is 1. The van der Waals surface area contributed by atoms with Gasteiger partial charge in [0, 0.05) is 5.56 Å². The molecule has 114 valence electrons. The quantitative estimate of drug-likeness (QED) is 0.744. The monoisotopic (exact) mass is 327 g/mol. The first-order valence-electron chi connectivity index (χ1n) is 6.13. The lowest BCUT2D eigenvalue weighted by molar-refractivity contribution is -0.137. The third-order valence-corrected chi connectivity index (χ3v) is 3.41. The predicted molar refractivity (Wildman–Crippen MR) is 75.4 cm³/mol. The summed E-state index contributed by atoms with van der Waals surface area (Å²) in [6.45, 7) is 1.75. The molecule has 3 rings (SSSR count). The first-order chi connectivity index (χ1) is 10.3. The van der Waals surface area contributed by atoms with E-state index in [0.29, 0.717) is 22.5 Å². The maximum absolute atomic E-state index is 12.7. The third kappa shape index (κ3) is 2.35. The lowest BCUT2D eigenvalue weighted by Crippen LogP contribution is -2.07. The fourth-order valence-electron chi connectivity index (χ4n) is 2.11. The number of hydrogen-bond donors (Lipinski definition) is 1. The van der Waals surface area contributed by atoms with Gasteiger partial charge in [-0.2, -0.15) is 22.8 Å². The van der Waals surface area contributed by atoms with Crippen LogP contribution >= 0.6 is 11.6 Å². The highest BCUT2D eigenvalue weighted by atomic mass is 35.5. The van der Waals surface area contributed by atoms with Crippen molar-refractivity contribution in [2.45, 2.75) is 13.1 Å². The molecule has 0 aliphatic carbocycles. The van der Waals surface area contributed by atoms with Crippen molar-refractivity contribution in [2.24, 2.45) is 0 Å². The Balaban J connectivity index is 2.22. The molecule has 0 atom stereocenters. The Labute approximate surface area is 127 Å². The maximum atomic E-state index is 12.7. The number of nitrogens with two attached hydrogens (primary N) is 1. The summed E-state index contributed by atoms with van der Waals surface area (Å²) in [4.78, 5) is 0. The third-order valence-electron chi connectivity index (χ3n) is 3.10. The molecule has 0 saturated heterocycles. The van der Waals surface area contributed by atoms with Crippen molar-refractivity contribution in [3.05, 3.63) is 40.5 Å². The Kier molecular flexibility index (Phi) is 3.21. The van der Waals surface area contributed by atoms with Gasteiger partial charge in [0.05, 0.1) is 21.8 Å². The summed E-state index contributed by atoms with van der Waals surface area (Å²) < 4.78 is 39.4. The lowest BCUT2D eigenvalue weighted by atomic mass is 10.1. The van der Waals surface area contributed by atoms with E-state index in [1.165, 1.54) is 10.6 Å². The van der Waals surface area contributed by atoms with Crippen LogP contribution in [0.2, 0.25) is 5.02 Å². The Morgan fingerprint density at radius 1 is 1.18 bits per heavy atom. The van der Waals surface area contributed by atoms with Crippen LogP contribution in [0.1, 0.15) is 11.3 Å². The number of aryl methyl sites for hydroxylation is 1. The number of fused-ring (bicyclic) bond motifs is 1. The van der Waals surface area contributed by atoms with E-state index in [4.69, 9.17) is 17.3 Å². The van der Waals surface area contributed by atoms with E-state index in [2.05, 4.69) is 15.3 Å². The van der Waals surface area contributed by atoms with Crippen LogP contribution in [0.4, 0.5) is 19.1 Å². The van der Waals surface area contributed by atoms with Gasteiger partial charge in [0.25, 0.3) is 0 Å². The summed E-state index contributed by atoms with van der Waals surface area (Å²) in [6.07, 6.45) is -4.46. The molecule has 0 unspecified atom stereocenters. The van der Waals surface area contributed by atoms with Crippen molar-refractivity contribution >= 4 is 23.1 Å². The second-order valence-corrected chi connectivity index (χ2v) is 5.09. The summed E-state index contributed by atoms with van der Waals surface area (Å²) in [6, 6.07) is 4.76. The van der Waals surface area contributed by atoms with Gasteiger partial charge < -0.3 is 5.73 Å². The summed E-state index contributed by atoms with van der Waals surface area (Å²) in [7, 11) is 0. The van der Waals surface area contributed by atoms with Gasteiger partial charge in [0.1, 0.15) is 5.69 Å². The second-order valence-electron chi connectivity index (χ2n) is 4.68. The van der Waals surface area contributed by atoms with E-state index in [1.54, 1.807) is 13.0 Å². The topological polar surface area (TPSA) is 69.1 Å². The van der Waals surface area contributed by atoms with Crippen molar-refractivity contribution in [2.75, 3.05) is 5.73 Å². The molecule has 1 aromatic carbocycles. The van der Waals surface area contributed by atoms with Gasteiger partial charge >= 0.3 is 6.18 Å². The molecule has 3 aromatic rings. The number of anilines is 1. The highest BCUT2D eigenvalue weighted by Gasteiger charge is 2.31. The molecule has 0 amide bonds. The molecule has 0 aliphatic rings. The number of aromatic nitrogens is 4. The van der Waals surface area contributed by atoms with Crippen molar-refractivity contribution in [1.29, 1.82) is 0 Å². The van der Waals surface area contributed by atoms with Crippen molar-refractivity contribution in [3.63, 3.8) is 0 Å². The minimum absolute atomic E-state index is 0.0744. The van der Waals surface area contributed by atoms with Crippen molar-refractivity contribution in [1.82, 2.24) is 19.8 Å². The number of nitrogen functional groups attached to an aromatic ring is 1. The normalized spacial score (nSPS) is 12.0. The zero-order valence-electron chi connectivity index (χ0n) is 11.2. The van der Waals surface area contributed by atoms with Crippen LogP contribution in [0, 0.1) is 6.92 Å². The summed E-state index contributed by atoms with van der Waals surface area (Å²) in [5.41, 5.74) is 6.68. The van der Waals surface area contributed by atoms with Crippen LogP contribution in [0.5, 0.6) is 0 Å². The molecule has 0 fully saturated rings. The summed E-state index contributed by atoms with van der Waals surface area (Å²) in [5, 5.41) is 11.8. The summed E-state index contributed by atoms with van der Waals surface area (Å²) in [5.74, 6) is 0.0786. The van der Waals surface area contributed by atoms with Crippen molar-refractivity contribution < 1.29 is 13.2 Å². The number of halogens is 4. The van der Waals surface area contributed by atoms with Gasteiger partial charge in [-0.05, 0) is 25.1 Å². The van der Waals surface area contributed by atoms with E-state index in [1.807, 2.05) is 0 Å². The fourth-order valence-corrected chi connectivity index (χ4v) is 2.38. The molecule has 5 nitrogen and oxygen atoms in total. The Morgan fingerprint density at radius 2 is 1.91 bits per heavy atom. The van der Waals surface area contributed by atoms with E-state index >= 15 is 0 Å². The highest BCUT2D eigenvalue weighted by molar-refractivity contribution is 6.33. The number of hydrogen-bond acceptors (Lipinski definition) is 4. The van der Waals surface area contributed by atoms with Gasteiger partial charge in [0.15, 0.2) is 0 Å². The van der Waals surface area contributed by atoms with Gasteiger partial charge in [-0.25, -0.2) is 0 Å². The molecule has 0 saturated carbocycles. The first-order valence-corrected chi connectivity index (χ1v) is 6.51. The average molecular weight is 328 g/mol. The maximum Gasteiger partial charge on any atom is 0.416 e. The molecule has 0 spiro atoms. The SMILES string of the molecule is Cc1cc2c(-c3ccc(C(F)(F)F)cc3Cl)nnc(N)n2n1. The average Bonchev–Trinajstić information content (AvgIpc) is 2.81. The van der Waals surface area contributed by atoms with E-state index in [9.17, 15) is 13.2 Å². The molecule has 0 bridgehead atoms. The molecular weight excluding hydrogens is 319 g/mol. The molecule has 9 heteroatoms. The zero-order valence-corrected chi connectivity index (χ0v) is 11.9. The Hall–Kier alpha value is -2.35. The van der Waals surface area contributed by atoms with E-state index in [-0.39, 0.29) is 11.0 Å². The first kappa shape index (κ1) is 14.6. The minimum Gasteiger partial charge on any atom is -0.366 e. The molecular formula is C13H9ClF3N5. The fraction of sp³-hybridized carbons (Fsp3) is 0.154. The summed E-state index contributed by atoms with van der Waals surface area (Å²) >= 11 is 5.99. The van der Waals surface area contributed by atoms with Crippen molar-refractivity contribution in [3.8, 4) is 11.3 Å². The highest BCUT2D eigenvalue weighted by Crippen LogP contribution is 2.36. The molecule has 0 aliphatic heterocycles. The molecule has 2 aromatic heterocycles. The van der Waals surface area contributed by atoms with Crippen LogP contribution in [0.15, 0.2) is 24.3 Å². The van der Waals surface area contributed by atoms with E-state index < -0.39 is 11.7 Å². The Bertz CT molecular complexity index is 872. The largest absolute Gasteiger partial charge is 0.416 e. The van der Waals surface area contributed by atoms with Crippen LogP contribution in [0.3, 0.4) is 0 Å².